The van der Waals surface area contributed by atoms with Gasteiger partial charge in [0.2, 0.25) is 0 Å². The number of nitrogens with one attached hydrogen (secondary N) is 1. The molecule has 0 fully saturated rings. The summed E-state index contributed by atoms with van der Waals surface area (Å²) in [5, 5.41) is 5.11. The normalized spacial score (nSPS) is 10.5. The van der Waals surface area contributed by atoms with E-state index in [2.05, 4.69) is 20.3 Å². The zero-order valence-corrected chi connectivity index (χ0v) is 10.7. The van der Waals surface area contributed by atoms with Gasteiger partial charge in [-0.3, -0.25) is 4.98 Å². The van der Waals surface area contributed by atoms with Crippen molar-refractivity contribution in [1.29, 1.82) is 0 Å². The summed E-state index contributed by atoms with van der Waals surface area (Å²) in [6.07, 6.45) is 3.54. The standard InChI is InChI=1S/C11H15N5S/c1-12-3-9-4-13-5-11(15-9)16(2)6-10-7-17-8-14-10/h4-5,7-8,12H,3,6H2,1-2H3. The number of hydrogen-bond donors (Lipinski definition) is 1. The molecule has 0 radical (unpaired) electrons. The third-order valence-electron chi connectivity index (χ3n) is 2.30. The molecule has 2 rings (SSSR count). The first-order chi connectivity index (χ1) is 8.29. The smallest absolute Gasteiger partial charge is 0.147 e. The van der Waals surface area contributed by atoms with E-state index in [9.17, 15) is 0 Å². The Hall–Kier alpha value is -1.53. The Morgan fingerprint density at radius 3 is 2.94 bits per heavy atom. The molecular formula is C11H15N5S. The summed E-state index contributed by atoms with van der Waals surface area (Å²) in [6.45, 7) is 1.48. The zero-order chi connectivity index (χ0) is 12.1. The first-order valence-electron chi connectivity index (χ1n) is 5.33. The van der Waals surface area contributed by atoms with E-state index in [0.717, 1.165) is 30.3 Å². The fourth-order valence-corrected chi connectivity index (χ4v) is 2.03. The molecular weight excluding hydrogens is 234 g/mol. The van der Waals surface area contributed by atoms with Crippen molar-refractivity contribution in [3.63, 3.8) is 0 Å². The van der Waals surface area contributed by atoms with Gasteiger partial charge in [-0.05, 0) is 7.05 Å². The lowest BCUT2D eigenvalue weighted by atomic mass is 10.4. The van der Waals surface area contributed by atoms with Gasteiger partial charge in [0.25, 0.3) is 0 Å². The number of rotatable bonds is 5. The van der Waals surface area contributed by atoms with E-state index in [4.69, 9.17) is 0 Å². The molecule has 6 heteroatoms. The van der Waals surface area contributed by atoms with Crippen molar-refractivity contribution in [3.8, 4) is 0 Å². The predicted molar refractivity (Wildman–Crippen MR) is 69.0 cm³/mol. The van der Waals surface area contributed by atoms with Crippen molar-refractivity contribution in [2.45, 2.75) is 13.1 Å². The van der Waals surface area contributed by atoms with E-state index in [0.29, 0.717) is 0 Å². The van der Waals surface area contributed by atoms with Gasteiger partial charge in [0.1, 0.15) is 5.82 Å². The molecule has 5 nitrogen and oxygen atoms in total. The molecule has 0 unspecified atom stereocenters. The monoisotopic (exact) mass is 249 g/mol. The van der Waals surface area contributed by atoms with Crippen LogP contribution in [-0.4, -0.2) is 29.0 Å². The van der Waals surface area contributed by atoms with Crippen molar-refractivity contribution in [1.82, 2.24) is 20.3 Å². The van der Waals surface area contributed by atoms with Crippen LogP contribution >= 0.6 is 11.3 Å². The van der Waals surface area contributed by atoms with Crippen LogP contribution in [0.3, 0.4) is 0 Å². The minimum atomic E-state index is 0.728. The minimum absolute atomic E-state index is 0.728. The number of nitrogens with zero attached hydrogens (tertiary/aromatic N) is 4. The summed E-state index contributed by atoms with van der Waals surface area (Å²) >= 11 is 1.60. The number of aromatic nitrogens is 3. The van der Waals surface area contributed by atoms with E-state index in [1.807, 2.05) is 29.9 Å². The Bertz CT molecular complexity index is 457. The quantitative estimate of drug-likeness (QED) is 0.865. The van der Waals surface area contributed by atoms with Gasteiger partial charge in [0.05, 0.1) is 29.6 Å². The summed E-state index contributed by atoms with van der Waals surface area (Å²) in [4.78, 5) is 15.0. The lowest BCUT2D eigenvalue weighted by Gasteiger charge is -2.16. The van der Waals surface area contributed by atoms with Crippen molar-refractivity contribution in [2.75, 3.05) is 19.0 Å². The van der Waals surface area contributed by atoms with E-state index in [1.54, 1.807) is 23.7 Å². The summed E-state index contributed by atoms with van der Waals surface area (Å²) in [6, 6.07) is 0. The first kappa shape index (κ1) is 11.9. The maximum atomic E-state index is 4.52. The van der Waals surface area contributed by atoms with E-state index in [-0.39, 0.29) is 0 Å². The van der Waals surface area contributed by atoms with Crippen molar-refractivity contribution < 1.29 is 0 Å². The average Bonchev–Trinajstić information content (AvgIpc) is 2.83. The molecule has 90 valence electrons. The van der Waals surface area contributed by atoms with Crippen molar-refractivity contribution in [3.05, 3.63) is 34.7 Å². The third-order valence-corrected chi connectivity index (χ3v) is 2.94. The van der Waals surface area contributed by atoms with Gasteiger partial charge in [-0.25, -0.2) is 9.97 Å². The molecule has 0 saturated carbocycles. The highest BCUT2D eigenvalue weighted by Crippen LogP contribution is 2.12. The maximum absolute atomic E-state index is 4.52. The molecule has 0 bridgehead atoms. The van der Waals surface area contributed by atoms with E-state index < -0.39 is 0 Å². The van der Waals surface area contributed by atoms with Gasteiger partial charge in [-0.1, -0.05) is 0 Å². The van der Waals surface area contributed by atoms with Crippen LogP contribution in [0.1, 0.15) is 11.4 Å². The lowest BCUT2D eigenvalue weighted by Crippen LogP contribution is -2.19. The average molecular weight is 249 g/mol. The molecule has 2 aromatic heterocycles. The second kappa shape index (κ2) is 5.70. The molecule has 1 N–H and O–H groups in total. The van der Waals surface area contributed by atoms with Crippen LogP contribution in [0.15, 0.2) is 23.3 Å². The molecule has 0 aliphatic carbocycles. The minimum Gasteiger partial charge on any atom is -0.352 e. The van der Waals surface area contributed by atoms with E-state index in [1.165, 1.54) is 0 Å². The number of hydrogen-bond acceptors (Lipinski definition) is 6. The molecule has 0 saturated heterocycles. The van der Waals surface area contributed by atoms with Crippen LogP contribution in [0.5, 0.6) is 0 Å². The molecule has 0 amide bonds. The van der Waals surface area contributed by atoms with Crippen molar-refractivity contribution in [2.24, 2.45) is 0 Å². The number of anilines is 1. The van der Waals surface area contributed by atoms with Crippen LogP contribution < -0.4 is 10.2 Å². The highest BCUT2D eigenvalue weighted by Gasteiger charge is 2.06. The Balaban J connectivity index is 2.07. The molecule has 2 heterocycles. The molecule has 0 aliphatic heterocycles. The predicted octanol–water partition coefficient (Wildman–Crippen LogP) is 1.29. The SMILES string of the molecule is CNCc1cncc(N(C)Cc2cscn2)n1. The summed E-state index contributed by atoms with van der Waals surface area (Å²) < 4.78 is 0. The largest absolute Gasteiger partial charge is 0.352 e. The molecule has 17 heavy (non-hydrogen) atoms. The third kappa shape index (κ3) is 3.21. The summed E-state index contributed by atoms with van der Waals surface area (Å²) in [5.41, 5.74) is 3.83. The molecule has 0 atom stereocenters. The fraction of sp³-hybridized carbons (Fsp3) is 0.364. The van der Waals surface area contributed by atoms with Crippen LogP contribution in [0.4, 0.5) is 5.82 Å². The van der Waals surface area contributed by atoms with E-state index >= 15 is 0 Å². The Kier molecular flexibility index (Phi) is 4.00. The first-order valence-corrected chi connectivity index (χ1v) is 6.27. The van der Waals surface area contributed by atoms with Gasteiger partial charge < -0.3 is 10.2 Å². The van der Waals surface area contributed by atoms with Gasteiger partial charge in [0, 0.05) is 25.2 Å². The zero-order valence-electron chi connectivity index (χ0n) is 9.92. The van der Waals surface area contributed by atoms with Crippen molar-refractivity contribution >= 4 is 17.2 Å². The van der Waals surface area contributed by atoms with Gasteiger partial charge in [0.15, 0.2) is 0 Å². The molecule has 0 aromatic carbocycles. The Morgan fingerprint density at radius 2 is 2.24 bits per heavy atom. The van der Waals surface area contributed by atoms with Crippen LogP contribution in [0.25, 0.3) is 0 Å². The fourth-order valence-electron chi connectivity index (χ4n) is 1.48. The van der Waals surface area contributed by atoms with Gasteiger partial charge in [-0.15, -0.1) is 11.3 Å². The lowest BCUT2D eigenvalue weighted by molar-refractivity contribution is 0.773. The Morgan fingerprint density at radius 1 is 1.35 bits per heavy atom. The molecule has 2 aromatic rings. The van der Waals surface area contributed by atoms with Gasteiger partial charge >= 0.3 is 0 Å². The second-order valence-electron chi connectivity index (χ2n) is 3.73. The van der Waals surface area contributed by atoms with Crippen LogP contribution in [0, 0.1) is 0 Å². The Labute approximate surface area is 105 Å². The second-order valence-corrected chi connectivity index (χ2v) is 4.45. The molecule has 0 aliphatic rings. The number of thiazole rings is 1. The molecule has 0 spiro atoms. The highest BCUT2D eigenvalue weighted by atomic mass is 32.1. The highest BCUT2D eigenvalue weighted by molar-refractivity contribution is 7.07. The maximum Gasteiger partial charge on any atom is 0.147 e. The van der Waals surface area contributed by atoms with Crippen LogP contribution in [0.2, 0.25) is 0 Å². The topological polar surface area (TPSA) is 53.9 Å². The van der Waals surface area contributed by atoms with Gasteiger partial charge in [-0.2, -0.15) is 0 Å². The van der Waals surface area contributed by atoms with Crippen LogP contribution in [-0.2, 0) is 13.1 Å². The summed E-state index contributed by atoms with van der Waals surface area (Å²) in [7, 11) is 3.89. The summed E-state index contributed by atoms with van der Waals surface area (Å²) in [5.74, 6) is 0.866.